The second kappa shape index (κ2) is 11.9. The number of nitrogens with one attached hydrogen (secondary N) is 2. The predicted molar refractivity (Wildman–Crippen MR) is 169 cm³/mol. The molecule has 8 nitrogen and oxygen atoms in total. The number of nitriles is 1. The highest BCUT2D eigenvalue weighted by Gasteiger charge is 2.29. The van der Waals surface area contributed by atoms with Crippen molar-refractivity contribution in [1.29, 1.82) is 5.26 Å². The van der Waals surface area contributed by atoms with E-state index in [9.17, 15) is 5.26 Å². The minimum atomic E-state index is -0.235. The van der Waals surface area contributed by atoms with E-state index in [0.717, 1.165) is 60.5 Å². The van der Waals surface area contributed by atoms with Gasteiger partial charge >= 0.3 is 0 Å². The highest BCUT2D eigenvalue weighted by Crippen LogP contribution is 2.37. The van der Waals surface area contributed by atoms with Gasteiger partial charge < -0.3 is 10.6 Å². The molecule has 6 rings (SSSR count). The molecule has 2 N–H and O–H groups in total. The number of hydrogen-bond donors (Lipinski definition) is 2. The van der Waals surface area contributed by atoms with Gasteiger partial charge in [0, 0.05) is 42.4 Å². The first-order valence-corrected chi connectivity index (χ1v) is 15.4. The van der Waals surface area contributed by atoms with Crippen LogP contribution in [0.5, 0.6) is 0 Å². The van der Waals surface area contributed by atoms with Crippen molar-refractivity contribution in [3.8, 4) is 6.07 Å². The molecular weight excluding hydrogens is 544 g/mol. The summed E-state index contributed by atoms with van der Waals surface area (Å²) in [5, 5.41) is 27.7. The molecule has 1 atom stereocenters. The molecule has 4 aromatic rings. The summed E-state index contributed by atoms with van der Waals surface area (Å²) in [6.07, 6.45) is 9.52. The molecular formula is C33H39ClN8. The molecule has 0 unspecified atom stereocenters. The van der Waals surface area contributed by atoms with Crippen molar-refractivity contribution in [1.82, 2.24) is 24.9 Å². The third-order valence-electron chi connectivity index (χ3n) is 8.89. The summed E-state index contributed by atoms with van der Waals surface area (Å²) in [7, 11) is 0. The van der Waals surface area contributed by atoms with Crippen LogP contribution in [0, 0.1) is 17.2 Å². The number of benzene rings is 2. The molecule has 9 heteroatoms. The van der Waals surface area contributed by atoms with E-state index >= 15 is 0 Å². The van der Waals surface area contributed by atoms with Gasteiger partial charge in [-0.05, 0) is 70.1 Å². The van der Waals surface area contributed by atoms with E-state index in [1.54, 1.807) is 6.20 Å². The van der Waals surface area contributed by atoms with Crippen LogP contribution in [0.3, 0.4) is 0 Å². The van der Waals surface area contributed by atoms with Crippen LogP contribution in [0.1, 0.15) is 81.8 Å². The molecule has 218 valence electrons. The molecule has 0 amide bonds. The van der Waals surface area contributed by atoms with Crippen LogP contribution >= 0.6 is 11.6 Å². The van der Waals surface area contributed by atoms with Crippen molar-refractivity contribution in [3.63, 3.8) is 0 Å². The van der Waals surface area contributed by atoms with E-state index in [2.05, 4.69) is 76.0 Å². The lowest BCUT2D eigenvalue weighted by molar-refractivity contribution is 0.0866. The maximum absolute atomic E-state index is 9.86. The number of nitrogens with zero attached hydrogens (tertiary/aromatic N) is 6. The summed E-state index contributed by atoms with van der Waals surface area (Å²) in [4.78, 5) is 7.08. The summed E-state index contributed by atoms with van der Waals surface area (Å²) in [5.74, 6) is 0.641. The van der Waals surface area contributed by atoms with Crippen LogP contribution in [0.2, 0.25) is 5.02 Å². The van der Waals surface area contributed by atoms with E-state index in [1.807, 2.05) is 35.0 Å². The van der Waals surface area contributed by atoms with Gasteiger partial charge in [-0.2, -0.15) is 5.26 Å². The highest BCUT2D eigenvalue weighted by atomic mass is 35.5. The molecule has 42 heavy (non-hydrogen) atoms. The lowest BCUT2D eigenvalue weighted by atomic mass is 9.85. The standard InChI is InChI=1S/C33H39ClN8/c1-33(2,3)41-14-12-26(13-15-41)42-21-29(39-40-42)31(23-10-5-4-6-11-23)38-25-16-27-30(36-19-22-8-7-9-22)24(18-35)20-37-32(27)28(34)17-25/h4-6,10-11,16-17,20-22,26,31,38H,7-9,12-15,19H2,1-3H3,(H,36,37)/t31-/m0/s1. The monoisotopic (exact) mass is 582 g/mol. The van der Waals surface area contributed by atoms with Gasteiger partial charge in [0.05, 0.1) is 40.1 Å². The Morgan fingerprint density at radius 1 is 1.10 bits per heavy atom. The first kappa shape index (κ1) is 28.4. The largest absolute Gasteiger partial charge is 0.383 e. The van der Waals surface area contributed by atoms with Crippen molar-refractivity contribution in [2.24, 2.45) is 5.92 Å². The first-order valence-electron chi connectivity index (χ1n) is 15.0. The molecule has 3 heterocycles. The number of likely N-dealkylation sites (tertiary alicyclic amines) is 1. The van der Waals surface area contributed by atoms with Crippen LogP contribution in [0.4, 0.5) is 11.4 Å². The fourth-order valence-electron chi connectivity index (χ4n) is 6.10. The van der Waals surface area contributed by atoms with Crippen molar-refractivity contribution in [2.45, 2.75) is 70.5 Å². The molecule has 1 saturated carbocycles. The molecule has 2 aromatic carbocycles. The van der Waals surface area contributed by atoms with Crippen molar-refractivity contribution in [3.05, 3.63) is 76.7 Å². The average Bonchev–Trinajstić information content (AvgIpc) is 3.45. The molecule has 1 aliphatic carbocycles. The van der Waals surface area contributed by atoms with Crippen LogP contribution in [0.25, 0.3) is 10.9 Å². The van der Waals surface area contributed by atoms with Gasteiger partial charge in [0.25, 0.3) is 0 Å². The van der Waals surface area contributed by atoms with Crippen molar-refractivity contribution in [2.75, 3.05) is 30.3 Å². The number of halogens is 1. The van der Waals surface area contributed by atoms with Crippen LogP contribution in [-0.2, 0) is 0 Å². The first-order chi connectivity index (χ1) is 20.3. The van der Waals surface area contributed by atoms with Crippen molar-refractivity contribution < 1.29 is 0 Å². The average molecular weight is 583 g/mol. The van der Waals surface area contributed by atoms with E-state index in [-0.39, 0.29) is 11.6 Å². The Hall–Kier alpha value is -3.67. The molecule has 1 aliphatic heterocycles. The van der Waals surface area contributed by atoms with Crippen LogP contribution < -0.4 is 10.6 Å². The van der Waals surface area contributed by atoms with E-state index in [0.29, 0.717) is 28.1 Å². The maximum atomic E-state index is 9.86. The zero-order valence-electron chi connectivity index (χ0n) is 24.6. The number of aromatic nitrogens is 4. The summed E-state index contributed by atoms with van der Waals surface area (Å²) in [6, 6.07) is 16.6. The SMILES string of the molecule is CC(C)(C)N1CCC(n2cc([C@@H](Nc3cc(Cl)c4ncc(C#N)c(NCC5CCC5)c4c3)c3ccccc3)nn2)CC1. The zero-order chi connectivity index (χ0) is 29.3. The fraction of sp³-hybridized carbons (Fsp3) is 0.455. The molecule has 2 aromatic heterocycles. The number of pyridine rings is 1. The van der Waals surface area contributed by atoms with E-state index in [4.69, 9.17) is 11.6 Å². The molecule has 1 saturated heterocycles. The number of rotatable bonds is 8. The fourth-order valence-corrected chi connectivity index (χ4v) is 6.37. The molecule has 2 aliphatic rings. The lowest BCUT2D eigenvalue weighted by Gasteiger charge is -2.40. The molecule has 0 spiro atoms. The number of anilines is 2. The number of piperidine rings is 1. The van der Waals surface area contributed by atoms with Crippen LogP contribution in [0.15, 0.2) is 54.9 Å². The Bertz CT molecular complexity index is 1570. The van der Waals surface area contributed by atoms with Crippen LogP contribution in [-0.4, -0.2) is 50.1 Å². The lowest BCUT2D eigenvalue weighted by Crippen LogP contribution is -2.46. The third-order valence-corrected chi connectivity index (χ3v) is 9.18. The summed E-state index contributed by atoms with van der Waals surface area (Å²) in [6.45, 7) is 9.78. The Kier molecular flexibility index (Phi) is 8.06. The Morgan fingerprint density at radius 2 is 1.86 bits per heavy atom. The summed E-state index contributed by atoms with van der Waals surface area (Å²) < 4.78 is 2.05. The normalized spacial score (nSPS) is 17.5. The second-order valence-corrected chi connectivity index (χ2v) is 13.1. The Labute approximate surface area is 253 Å². The van der Waals surface area contributed by atoms with Gasteiger partial charge in [-0.3, -0.25) is 9.88 Å². The van der Waals surface area contributed by atoms with Gasteiger partial charge in [0.15, 0.2) is 0 Å². The number of hydrogen-bond acceptors (Lipinski definition) is 7. The maximum Gasteiger partial charge on any atom is 0.109 e. The second-order valence-electron chi connectivity index (χ2n) is 12.7. The van der Waals surface area contributed by atoms with Crippen molar-refractivity contribution >= 4 is 33.9 Å². The van der Waals surface area contributed by atoms with E-state index in [1.165, 1.54) is 19.3 Å². The quantitative estimate of drug-likeness (QED) is 0.227. The minimum absolute atomic E-state index is 0.179. The third kappa shape index (κ3) is 5.95. The molecule has 2 fully saturated rings. The van der Waals surface area contributed by atoms with E-state index < -0.39 is 0 Å². The topological polar surface area (TPSA) is 94.7 Å². The summed E-state index contributed by atoms with van der Waals surface area (Å²) in [5.41, 5.74) is 4.94. The van der Waals surface area contributed by atoms with Gasteiger partial charge in [0.2, 0.25) is 0 Å². The van der Waals surface area contributed by atoms with Gasteiger partial charge in [-0.15, -0.1) is 5.10 Å². The molecule has 0 radical (unpaired) electrons. The number of fused-ring (bicyclic) bond motifs is 1. The Morgan fingerprint density at radius 3 is 2.52 bits per heavy atom. The smallest absolute Gasteiger partial charge is 0.109 e. The van der Waals surface area contributed by atoms with Gasteiger partial charge in [-0.25, -0.2) is 4.68 Å². The molecule has 0 bridgehead atoms. The van der Waals surface area contributed by atoms with Gasteiger partial charge in [-0.1, -0.05) is 53.6 Å². The predicted octanol–water partition coefficient (Wildman–Crippen LogP) is 7.20. The van der Waals surface area contributed by atoms with Gasteiger partial charge in [0.1, 0.15) is 11.8 Å². The Balaban J connectivity index is 1.31. The minimum Gasteiger partial charge on any atom is -0.383 e. The summed E-state index contributed by atoms with van der Waals surface area (Å²) >= 11 is 6.81. The highest BCUT2D eigenvalue weighted by molar-refractivity contribution is 6.35. The zero-order valence-corrected chi connectivity index (χ0v) is 25.4.